The highest BCUT2D eigenvalue weighted by molar-refractivity contribution is 7.51. The van der Waals surface area contributed by atoms with Gasteiger partial charge < -0.3 is 35.6 Å². The van der Waals surface area contributed by atoms with Crippen molar-refractivity contribution in [1.29, 1.82) is 0 Å². The Kier molecular flexibility index (Phi) is 6.86. The van der Waals surface area contributed by atoms with E-state index in [1.54, 1.807) is 0 Å². The van der Waals surface area contributed by atoms with Gasteiger partial charge in [-0.25, -0.2) is 15.1 Å². The molecule has 1 unspecified atom stereocenters. The van der Waals surface area contributed by atoms with Crippen LogP contribution in [0.4, 0.5) is 5.95 Å². The molecule has 0 bridgehead atoms. The van der Waals surface area contributed by atoms with E-state index in [-0.39, 0.29) is 23.5 Å². The zero-order valence-electron chi connectivity index (χ0n) is 16.2. The highest BCUT2D eigenvalue weighted by atomic mass is 31.2. The van der Waals surface area contributed by atoms with Crippen molar-refractivity contribution in [2.24, 2.45) is 11.2 Å². The van der Waals surface area contributed by atoms with E-state index in [2.05, 4.69) is 15.0 Å². The number of esters is 1. The minimum atomic E-state index is -4.56. The number of aromatic amines is 1. The van der Waals surface area contributed by atoms with Gasteiger partial charge >= 0.3 is 21.3 Å². The first-order valence-electron chi connectivity index (χ1n) is 8.88. The highest BCUT2D eigenvalue weighted by Gasteiger charge is 2.42. The third-order valence-electron chi connectivity index (χ3n) is 4.35. The molecule has 3 rings (SSSR count). The number of nitrogen functional groups attached to an aromatic ring is 1. The zero-order valence-corrected chi connectivity index (χ0v) is 18.0. The number of H-pyrrole nitrogens is 1. The highest BCUT2D eigenvalue weighted by Crippen LogP contribution is 2.41. The smallest absolute Gasteiger partial charge is 0.400 e. The van der Waals surface area contributed by atoms with Gasteiger partial charge in [-0.15, -0.1) is 0 Å². The number of nitrogens with two attached hydrogens (primary N) is 3. The van der Waals surface area contributed by atoms with E-state index >= 15 is 0 Å². The molecule has 0 spiro atoms. The molecular weight excluding hydrogens is 476 g/mol. The summed E-state index contributed by atoms with van der Waals surface area (Å²) >= 11 is 0. The Bertz CT molecular complexity index is 1160. The molecule has 178 valence electrons. The number of ether oxygens (including phenoxy) is 2. The predicted octanol–water partition coefficient (Wildman–Crippen LogP) is -2.52. The number of carbonyl (C=O) groups is 1. The van der Waals surface area contributed by atoms with Crippen LogP contribution in [0.1, 0.15) is 12.6 Å². The summed E-state index contributed by atoms with van der Waals surface area (Å²) in [6.45, 7) is -0.544. The second-order valence-corrected chi connectivity index (χ2v) is 9.97. The normalized spacial score (nSPS) is 24.3. The van der Waals surface area contributed by atoms with Crippen molar-refractivity contribution in [2.75, 3.05) is 18.5 Å². The number of imidazole rings is 1. The Morgan fingerprint density at radius 2 is 2.09 bits per heavy atom. The minimum absolute atomic E-state index is 0.0368. The van der Waals surface area contributed by atoms with Gasteiger partial charge in [-0.3, -0.25) is 28.2 Å². The molecule has 2 aromatic heterocycles. The van der Waals surface area contributed by atoms with Gasteiger partial charge in [-0.05, 0) is 0 Å². The van der Waals surface area contributed by atoms with Crippen LogP contribution < -0.4 is 22.5 Å². The number of hydrogen-bond acceptors (Lipinski definition) is 11. The van der Waals surface area contributed by atoms with Crippen molar-refractivity contribution in [1.82, 2.24) is 19.5 Å². The van der Waals surface area contributed by atoms with Crippen molar-refractivity contribution < 1.29 is 42.6 Å². The fraction of sp³-hybridized carbons (Fsp3) is 0.538. The van der Waals surface area contributed by atoms with E-state index in [9.17, 15) is 23.6 Å². The molecule has 0 aromatic carbocycles. The van der Waals surface area contributed by atoms with Crippen molar-refractivity contribution in [3.8, 4) is 0 Å². The van der Waals surface area contributed by atoms with E-state index in [1.165, 1.54) is 10.9 Å². The predicted molar refractivity (Wildman–Crippen MR) is 106 cm³/mol. The van der Waals surface area contributed by atoms with E-state index in [1.807, 2.05) is 0 Å². The third-order valence-corrected chi connectivity index (χ3v) is 5.80. The number of rotatable bonds is 8. The van der Waals surface area contributed by atoms with Crippen molar-refractivity contribution in [3.63, 3.8) is 0 Å². The number of carbonyl (C=O) groups excluding carboxylic acids is 1. The molecule has 5 atom stereocenters. The summed E-state index contributed by atoms with van der Waals surface area (Å²) < 4.78 is 39.5. The lowest BCUT2D eigenvalue weighted by atomic mass is 10.2. The van der Waals surface area contributed by atoms with Crippen LogP contribution in [0.2, 0.25) is 0 Å². The van der Waals surface area contributed by atoms with Crippen LogP contribution >= 0.6 is 15.3 Å². The van der Waals surface area contributed by atoms with Crippen molar-refractivity contribution in [2.45, 2.75) is 30.9 Å². The van der Waals surface area contributed by atoms with Crippen LogP contribution in [0.15, 0.2) is 11.1 Å². The molecule has 0 aliphatic carbocycles. The fourth-order valence-corrected chi connectivity index (χ4v) is 4.35. The van der Waals surface area contributed by atoms with Gasteiger partial charge in [-0.2, -0.15) is 4.98 Å². The molecule has 1 fully saturated rings. The van der Waals surface area contributed by atoms with Crippen LogP contribution in [0, 0.1) is 0 Å². The topological polar surface area (TPSA) is 281 Å². The Morgan fingerprint density at radius 3 is 2.72 bits per heavy atom. The molecule has 0 saturated carbocycles. The molecular formula is C13H21N7O10P2. The standard InChI is InChI=1S/C13H21N7O10P2/c14-5(3-31(23,24)25)12(22)28-2-7-6(30-32(16,26)27)1-8(29-7)20-4-17-9-10(20)18-13(15)19-11(9)21/h4-8H,1-3,14H2,(H3,16,26,27)(H2,23,24,25)(H3,15,18,19,21)/t5-,6-,7+,8+/m0/s1. The number of aromatic nitrogens is 4. The van der Waals surface area contributed by atoms with Gasteiger partial charge in [0.25, 0.3) is 5.56 Å². The van der Waals surface area contributed by atoms with Crippen LogP contribution in [0.5, 0.6) is 0 Å². The van der Waals surface area contributed by atoms with Gasteiger partial charge in [0.2, 0.25) is 5.95 Å². The van der Waals surface area contributed by atoms with Crippen molar-refractivity contribution >= 4 is 38.4 Å². The lowest BCUT2D eigenvalue weighted by Gasteiger charge is -2.20. The second kappa shape index (κ2) is 8.97. The van der Waals surface area contributed by atoms with Gasteiger partial charge in [0, 0.05) is 6.42 Å². The molecule has 1 aliphatic rings. The Balaban J connectivity index is 1.78. The number of hydrogen-bond donors (Lipinski definition) is 7. The molecule has 3 heterocycles. The van der Waals surface area contributed by atoms with E-state index in [0.29, 0.717) is 0 Å². The second-order valence-electron chi connectivity index (χ2n) is 6.93. The maximum Gasteiger partial charge on any atom is 0.400 e. The molecule has 1 aliphatic heterocycles. The summed E-state index contributed by atoms with van der Waals surface area (Å²) in [5, 5.41) is 0. The SMILES string of the molecule is Nc1nc2c(ncn2[C@H]2C[C@H](OP(N)(=O)O)[C@@H](COC(=O)[C@@H](N)CP(=O)(O)O)O2)c(=O)[nH]1. The van der Waals surface area contributed by atoms with Crippen LogP contribution in [0.3, 0.4) is 0 Å². The lowest BCUT2D eigenvalue weighted by Crippen LogP contribution is -2.38. The molecule has 0 amide bonds. The van der Waals surface area contributed by atoms with Crippen molar-refractivity contribution in [3.05, 3.63) is 16.7 Å². The molecule has 2 aromatic rings. The fourth-order valence-electron chi connectivity index (χ4n) is 3.08. The molecule has 32 heavy (non-hydrogen) atoms. The minimum Gasteiger partial charge on any atom is -0.462 e. The largest absolute Gasteiger partial charge is 0.462 e. The summed E-state index contributed by atoms with van der Waals surface area (Å²) in [6, 6.07) is -1.61. The van der Waals surface area contributed by atoms with Gasteiger partial charge in [0.1, 0.15) is 31.1 Å². The van der Waals surface area contributed by atoms with Gasteiger partial charge in [-0.1, -0.05) is 0 Å². The number of nitrogens with one attached hydrogen (secondary N) is 1. The molecule has 0 radical (unpaired) electrons. The summed E-state index contributed by atoms with van der Waals surface area (Å²) in [6.07, 6.45) is -3.00. The van der Waals surface area contributed by atoms with Crippen LogP contribution in [-0.2, 0) is 27.9 Å². The van der Waals surface area contributed by atoms with Crippen LogP contribution in [0.25, 0.3) is 11.2 Å². The maximum atomic E-state index is 12.0. The maximum absolute atomic E-state index is 12.0. The Labute approximate surface area is 178 Å². The Hall–Kier alpha value is -2.20. The third kappa shape index (κ3) is 5.98. The quantitative estimate of drug-likeness (QED) is 0.146. The molecule has 10 N–H and O–H groups in total. The van der Waals surface area contributed by atoms with E-state index in [4.69, 9.17) is 40.8 Å². The molecule has 1 saturated heterocycles. The van der Waals surface area contributed by atoms with Crippen LogP contribution in [-0.4, -0.2) is 71.2 Å². The first kappa shape index (κ1) is 24.4. The van der Waals surface area contributed by atoms with E-state index in [0.717, 1.165) is 0 Å². The molecule has 19 heteroatoms. The average molecular weight is 497 g/mol. The molecule has 17 nitrogen and oxygen atoms in total. The van der Waals surface area contributed by atoms with Gasteiger partial charge in [0.15, 0.2) is 11.2 Å². The zero-order chi connectivity index (χ0) is 23.8. The lowest BCUT2D eigenvalue weighted by molar-refractivity contribution is -0.150. The average Bonchev–Trinajstić information content (AvgIpc) is 3.20. The first-order valence-corrected chi connectivity index (χ1v) is 12.3. The Morgan fingerprint density at radius 1 is 1.41 bits per heavy atom. The first-order chi connectivity index (χ1) is 14.7. The summed E-state index contributed by atoms with van der Waals surface area (Å²) in [5.74, 6) is -1.31. The summed E-state index contributed by atoms with van der Waals surface area (Å²) in [5.41, 5.74) is 15.5. The summed E-state index contributed by atoms with van der Waals surface area (Å²) in [7, 11) is -9.04. The number of fused-ring (bicyclic) bond motifs is 1. The van der Waals surface area contributed by atoms with E-state index < -0.39 is 64.1 Å². The summed E-state index contributed by atoms with van der Waals surface area (Å²) in [4.78, 5) is 61.3. The number of nitrogens with zero attached hydrogens (tertiary/aromatic N) is 3. The van der Waals surface area contributed by atoms with Gasteiger partial charge in [0.05, 0.1) is 12.5 Å². The number of anilines is 1. The monoisotopic (exact) mass is 497 g/mol.